The van der Waals surface area contributed by atoms with Gasteiger partial charge in [0.2, 0.25) is 5.91 Å². The van der Waals surface area contributed by atoms with Gasteiger partial charge in [0.05, 0.1) is 35.4 Å². The smallest absolute Gasteiger partial charge is 0.273 e. The summed E-state index contributed by atoms with van der Waals surface area (Å²) in [6, 6.07) is 7.93. The Kier molecular flexibility index (Phi) is 5.49. The molecule has 2 aromatic rings. The summed E-state index contributed by atoms with van der Waals surface area (Å²) in [7, 11) is 1.41. The molecule has 2 heterocycles. The summed E-state index contributed by atoms with van der Waals surface area (Å²) in [6.07, 6.45) is 1.63. The Morgan fingerprint density at radius 2 is 2.15 bits per heavy atom. The lowest BCUT2D eigenvalue weighted by atomic mass is 9.97. The monoisotopic (exact) mass is 371 g/mol. The van der Waals surface area contributed by atoms with Crippen molar-refractivity contribution in [2.24, 2.45) is 5.92 Å². The highest BCUT2D eigenvalue weighted by molar-refractivity contribution is 5.94. The van der Waals surface area contributed by atoms with E-state index in [0.29, 0.717) is 12.2 Å². The standard InChI is InChI=1S/C18H21N5O4/c1-12-5-8-17(21-20-12)22-9-3-4-13(11-22)18(24)19-15-7-6-14(23(25)26)10-16(15)27-2/h5-8,10,13H,3-4,9,11H2,1-2H3,(H,19,24). The van der Waals surface area contributed by atoms with Crippen molar-refractivity contribution >= 4 is 23.1 Å². The molecule has 1 aliphatic heterocycles. The molecule has 1 amide bonds. The Hall–Kier alpha value is -3.23. The van der Waals surface area contributed by atoms with E-state index in [1.54, 1.807) is 0 Å². The molecule has 1 aromatic carbocycles. The van der Waals surface area contributed by atoms with E-state index in [1.807, 2.05) is 24.0 Å². The van der Waals surface area contributed by atoms with Gasteiger partial charge in [-0.1, -0.05) is 0 Å². The molecule has 0 spiro atoms. The minimum Gasteiger partial charge on any atom is -0.494 e. The Bertz CT molecular complexity index is 840. The van der Waals surface area contributed by atoms with Crippen LogP contribution >= 0.6 is 0 Å². The molecule has 9 nitrogen and oxygen atoms in total. The highest BCUT2D eigenvalue weighted by Gasteiger charge is 2.27. The van der Waals surface area contributed by atoms with Crippen molar-refractivity contribution in [1.29, 1.82) is 0 Å². The summed E-state index contributed by atoms with van der Waals surface area (Å²) in [5, 5.41) is 22.0. The molecule has 142 valence electrons. The largest absolute Gasteiger partial charge is 0.494 e. The van der Waals surface area contributed by atoms with Crippen molar-refractivity contribution in [3.63, 3.8) is 0 Å². The molecule has 27 heavy (non-hydrogen) atoms. The summed E-state index contributed by atoms with van der Waals surface area (Å²) >= 11 is 0. The fraction of sp³-hybridized carbons (Fsp3) is 0.389. The van der Waals surface area contributed by atoms with Gasteiger partial charge in [0.1, 0.15) is 5.75 Å². The lowest BCUT2D eigenvalue weighted by Crippen LogP contribution is -2.41. The maximum absolute atomic E-state index is 12.7. The summed E-state index contributed by atoms with van der Waals surface area (Å²) in [6.45, 7) is 3.24. The van der Waals surface area contributed by atoms with Crippen molar-refractivity contribution in [3.8, 4) is 5.75 Å². The number of amides is 1. The maximum Gasteiger partial charge on any atom is 0.273 e. The number of aryl methyl sites for hydroxylation is 1. The van der Waals surface area contributed by atoms with Crippen molar-refractivity contribution in [2.75, 3.05) is 30.4 Å². The van der Waals surface area contributed by atoms with Crippen molar-refractivity contribution < 1.29 is 14.5 Å². The van der Waals surface area contributed by atoms with Crippen LogP contribution in [-0.4, -0.2) is 41.2 Å². The summed E-state index contributed by atoms with van der Waals surface area (Å²) in [5.74, 6) is 0.648. The molecular weight excluding hydrogens is 350 g/mol. The fourth-order valence-corrected chi connectivity index (χ4v) is 3.09. The third-order valence-corrected chi connectivity index (χ3v) is 4.55. The van der Waals surface area contributed by atoms with Crippen LogP contribution in [0.25, 0.3) is 0 Å². The van der Waals surface area contributed by atoms with Gasteiger partial charge in [-0.15, -0.1) is 5.10 Å². The number of nitro groups is 1. The predicted octanol–water partition coefficient (Wildman–Crippen LogP) is 2.56. The van der Waals surface area contributed by atoms with Gasteiger partial charge in [-0.25, -0.2) is 0 Å². The number of nitrogens with one attached hydrogen (secondary N) is 1. The average Bonchev–Trinajstić information content (AvgIpc) is 2.68. The van der Waals surface area contributed by atoms with E-state index in [9.17, 15) is 14.9 Å². The number of carbonyl (C=O) groups excluding carboxylic acids is 1. The van der Waals surface area contributed by atoms with Crippen molar-refractivity contribution in [3.05, 3.63) is 46.1 Å². The van der Waals surface area contributed by atoms with Crippen molar-refractivity contribution in [2.45, 2.75) is 19.8 Å². The first-order valence-electron chi connectivity index (χ1n) is 8.66. The van der Waals surface area contributed by atoms with E-state index in [2.05, 4.69) is 15.5 Å². The lowest BCUT2D eigenvalue weighted by Gasteiger charge is -2.32. The third kappa shape index (κ3) is 4.30. The highest BCUT2D eigenvalue weighted by Crippen LogP contribution is 2.30. The summed E-state index contributed by atoms with van der Waals surface area (Å²) < 4.78 is 5.18. The van der Waals surface area contributed by atoms with E-state index in [0.717, 1.165) is 30.9 Å². The number of ether oxygens (including phenoxy) is 1. The molecule has 3 rings (SSSR count). The second kappa shape index (κ2) is 7.98. The number of benzene rings is 1. The van der Waals surface area contributed by atoms with E-state index in [4.69, 9.17) is 4.74 Å². The van der Waals surface area contributed by atoms with Gasteiger partial charge in [0.15, 0.2) is 5.82 Å². The second-order valence-electron chi connectivity index (χ2n) is 6.45. The second-order valence-corrected chi connectivity index (χ2v) is 6.45. The predicted molar refractivity (Wildman–Crippen MR) is 100.0 cm³/mol. The van der Waals surface area contributed by atoms with Gasteiger partial charge < -0.3 is 15.0 Å². The van der Waals surface area contributed by atoms with Crippen LogP contribution in [0.1, 0.15) is 18.5 Å². The normalized spacial score (nSPS) is 16.7. The third-order valence-electron chi connectivity index (χ3n) is 4.55. The molecule has 1 fully saturated rings. The zero-order valence-corrected chi connectivity index (χ0v) is 15.2. The van der Waals surface area contributed by atoms with E-state index in [1.165, 1.54) is 25.3 Å². The Morgan fingerprint density at radius 1 is 1.33 bits per heavy atom. The number of nitro benzene ring substituents is 1. The maximum atomic E-state index is 12.7. The van der Waals surface area contributed by atoms with Gasteiger partial charge in [0, 0.05) is 19.2 Å². The molecule has 1 unspecified atom stereocenters. The van der Waals surface area contributed by atoms with Gasteiger partial charge in [-0.05, 0) is 38.0 Å². The number of aromatic nitrogens is 2. The highest BCUT2D eigenvalue weighted by atomic mass is 16.6. The summed E-state index contributed by atoms with van der Waals surface area (Å²) in [4.78, 5) is 25.2. The number of methoxy groups -OCH3 is 1. The SMILES string of the molecule is COc1cc([N+](=O)[O-])ccc1NC(=O)C1CCCN(c2ccc(C)nn2)C1. The van der Waals surface area contributed by atoms with E-state index < -0.39 is 4.92 Å². The first kappa shape index (κ1) is 18.6. The molecule has 9 heteroatoms. The summed E-state index contributed by atoms with van der Waals surface area (Å²) in [5.41, 5.74) is 1.17. The minimum atomic E-state index is -0.504. The van der Waals surface area contributed by atoms with E-state index >= 15 is 0 Å². The van der Waals surface area contributed by atoms with Gasteiger partial charge in [0.25, 0.3) is 5.69 Å². The molecule has 0 radical (unpaired) electrons. The number of hydrogen-bond acceptors (Lipinski definition) is 7. The van der Waals surface area contributed by atoms with Crippen LogP contribution in [0.5, 0.6) is 5.75 Å². The molecule has 1 atom stereocenters. The zero-order chi connectivity index (χ0) is 19.4. The average molecular weight is 371 g/mol. The molecular formula is C18H21N5O4. The number of non-ortho nitro benzene ring substituents is 1. The van der Waals surface area contributed by atoms with Crippen LogP contribution in [0.2, 0.25) is 0 Å². The van der Waals surface area contributed by atoms with Gasteiger partial charge in [-0.3, -0.25) is 14.9 Å². The number of nitrogens with zero attached hydrogens (tertiary/aromatic N) is 4. The topological polar surface area (TPSA) is 110 Å². The van der Waals surface area contributed by atoms with Crippen LogP contribution in [0.3, 0.4) is 0 Å². The number of rotatable bonds is 5. The Balaban J connectivity index is 1.70. The number of hydrogen-bond donors (Lipinski definition) is 1. The first-order valence-corrected chi connectivity index (χ1v) is 8.66. The molecule has 1 saturated heterocycles. The zero-order valence-electron chi connectivity index (χ0n) is 15.2. The fourth-order valence-electron chi connectivity index (χ4n) is 3.09. The molecule has 1 N–H and O–H groups in total. The molecule has 0 saturated carbocycles. The van der Waals surface area contributed by atoms with Crippen LogP contribution < -0.4 is 15.0 Å². The first-order chi connectivity index (χ1) is 13.0. The quantitative estimate of drug-likeness (QED) is 0.635. The Morgan fingerprint density at radius 3 is 2.81 bits per heavy atom. The molecule has 0 aliphatic carbocycles. The minimum absolute atomic E-state index is 0.0911. The molecule has 1 aliphatic rings. The van der Waals surface area contributed by atoms with E-state index in [-0.39, 0.29) is 23.3 Å². The lowest BCUT2D eigenvalue weighted by molar-refractivity contribution is -0.384. The molecule has 1 aromatic heterocycles. The number of anilines is 2. The van der Waals surface area contributed by atoms with Crippen LogP contribution in [0.15, 0.2) is 30.3 Å². The number of carbonyl (C=O) groups is 1. The Labute approximate surface area is 156 Å². The van der Waals surface area contributed by atoms with Gasteiger partial charge in [-0.2, -0.15) is 5.10 Å². The van der Waals surface area contributed by atoms with Crippen LogP contribution in [0.4, 0.5) is 17.2 Å². The van der Waals surface area contributed by atoms with Crippen LogP contribution in [0, 0.1) is 23.0 Å². The number of piperidine rings is 1. The van der Waals surface area contributed by atoms with Gasteiger partial charge >= 0.3 is 0 Å². The molecule has 0 bridgehead atoms. The van der Waals surface area contributed by atoms with Crippen LogP contribution in [-0.2, 0) is 4.79 Å². The van der Waals surface area contributed by atoms with Crippen molar-refractivity contribution in [1.82, 2.24) is 10.2 Å².